The lowest BCUT2D eigenvalue weighted by molar-refractivity contribution is 0.503. The van der Waals surface area contributed by atoms with Crippen LogP contribution in [0.1, 0.15) is 5.69 Å². The second kappa shape index (κ2) is 5.83. The predicted molar refractivity (Wildman–Crippen MR) is 63.6 cm³/mol. The number of nitrogens with two attached hydrogens (primary N) is 1. The van der Waals surface area contributed by atoms with Gasteiger partial charge in [-0.05, 0) is 12.1 Å². The smallest absolute Gasteiger partial charge is 0.320 e. The van der Waals surface area contributed by atoms with E-state index in [4.69, 9.17) is 10.3 Å². The van der Waals surface area contributed by atoms with Crippen molar-refractivity contribution >= 4 is 25.8 Å². The molecule has 0 unspecified atom stereocenters. The fraction of sp³-hybridized carbons (Fsp3) is 0.250. The highest BCUT2D eigenvalue weighted by Gasteiger charge is 2.06. The quantitative estimate of drug-likeness (QED) is 0.345. The van der Waals surface area contributed by atoms with Crippen molar-refractivity contribution in [3.05, 3.63) is 30.1 Å². The van der Waals surface area contributed by atoms with Gasteiger partial charge < -0.3 is 5.73 Å². The minimum absolute atomic E-state index is 0.0638. The molecule has 0 aliphatic heterocycles. The molecule has 16 heavy (non-hydrogen) atoms. The summed E-state index contributed by atoms with van der Waals surface area (Å²) in [5, 5.41) is 0. The fourth-order valence-electron chi connectivity index (χ4n) is 0.855. The van der Waals surface area contributed by atoms with E-state index in [2.05, 4.69) is 9.98 Å². The summed E-state index contributed by atoms with van der Waals surface area (Å²) >= 11 is 0. The normalized spacial score (nSPS) is 12.7. The second-order valence-electron chi connectivity index (χ2n) is 2.82. The van der Waals surface area contributed by atoms with Crippen LogP contribution in [0.5, 0.6) is 0 Å². The van der Waals surface area contributed by atoms with Crippen LogP contribution < -0.4 is 5.73 Å². The zero-order chi connectivity index (χ0) is 12.0. The summed E-state index contributed by atoms with van der Waals surface area (Å²) in [6.07, 6.45) is 1.63. The molecule has 0 atom stereocenters. The summed E-state index contributed by atoms with van der Waals surface area (Å²) in [6.45, 7) is 0.290. The summed E-state index contributed by atoms with van der Waals surface area (Å²) in [5.41, 5.74) is 6.19. The van der Waals surface area contributed by atoms with Crippen molar-refractivity contribution in [1.82, 2.24) is 4.98 Å². The third-order valence-electron chi connectivity index (χ3n) is 1.53. The largest absolute Gasteiger partial charge is 0.387 e. The monoisotopic (exact) mass is 261 g/mol. The molecule has 0 radical (unpaired) electrons. The molecule has 0 aromatic carbocycles. The van der Waals surface area contributed by atoms with E-state index in [0.29, 0.717) is 17.3 Å². The molecular formula is C8H11N3O3S2. The average molecular weight is 261 g/mol. The number of hydrogen-bond donors (Lipinski definition) is 2. The number of amidine groups is 1. The molecule has 1 aromatic heterocycles. The van der Waals surface area contributed by atoms with Crippen LogP contribution in [0.2, 0.25) is 0 Å². The first kappa shape index (κ1) is 12.9. The van der Waals surface area contributed by atoms with Gasteiger partial charge in [0.15, 0.2) is 0 Å². The minimum Gasteiger partial charge on any atom is -0.387 e. The van der Waals surface area contributed by atoms with E-state index in [1.807, 2.05) is 6.07 Å². The maximum atomic E-state index is 10.4. The van der Waals surface area contributed by atoms with Crippen LogP contribution in [0.15, 0.2) is 29.4 Å². The van der Waals surface area contributed by atoms with E-state index in [1.54, 1.807) is 18.3 Å². The standard InChI is InChI=1S/C8H11N3O3S2/c9-8(6-15-16(12,13)14)11-5-7-3-1-2-4-10-7/h1-4H,5-6H2,(H2,9,11)(H,12,13,14). The van der Waals surface area contributed by atoms with E-state index >= 15 is 0 Å². The van der Waals surface area contributed by atoms with Crippen molar-refractivity contribution in [1.29, 1.82) is 0 Å². The lowest BCUT2D eigenvalue weighted by Gasteiger charge is -1.99. The molecule has 0 saturated heterocycles. The zero-order valence-corrected chi connectivity index (χ0v) is 9.91. The van der Waals surface area contributed by atoms with Gasteiger partial charge in [-0.3, -0.25) is 14.5 Å². The van der Waals surface area contributed by atoms with Crippen molar-refractivity contribution in [2.75, 3.05) is 5.75 Å². The molecule has 88 valence electrons. The lowest BCUT2D eigenvalue weighted by atomic mass is 10.3. The van der Waals surface area contributed by atoms with Crippen LogP contribution in [0.3, 0.4) is 0 Å². The molecule has 0 aliphatic rings. The number of pyridine rings is 1. The summed E-state index contributed by atoms with van der Waals surface area (Å²) in [4.78, 5) is 7.96. The van der Waals surface area contributed by atoms with Gasteiger partial charge >= 0.3 is 9.15 Å². The van der Waals surface area contributed by atoms with Gasteiger partial charge in [-0.1, -0.05) is 6.07 Å². The number of rotatable bonds is 5. The molecule has 0 aliphatic carbocycles. The zero-order valence-electron chi connectivity index (χ0n) is 8.28. The van der Waals surface area contributed by atoms with Crippen LogP contribution in [0.25, 0.3) is 0 Å². The molecule has 0 bridgehead atoms. The highest BCUT2D eigenvalue weighted by molar-refractivity contribution is 8.70. The van der Waals surface area contributed by atoms with Crippen molar-refractivity contribution in [3.63, 3.8) is 0 Å². The molecule has 0 fully saturated rings. The van der Waals surface area contributed by atoms with Gasteiger partial charge in [-0.15, -0.1) is 0 Å². The topological polar surface area (TPSA) is 106 Å². The second-order valence-corrected chi connectivity index (χ2v) is 6.17. The Morgan fingerprint density at radius 2 is 2.31 bits per heavy atom. The Hall–Kier alpha value is -1.12. The van der Waals surface area contributed by atoms with Gasteiger partial charge in [-0.25, -0.2) is 0 Å². The molecular weight excluding hydrogens is 250 g/mol. The molecule has 0 saturated carbocycles. The van der Waals surface area contributed by atoms with Crippen LogP contribution in [0.4, 0.5) is 0 Å². The van der Waals surface area contributed by atoms with E-state index in [-0.39, 0.29) is 11.6 Å². The molecule has 6 nitrogen and oxygen atoms in total. The maximum Gasteiger partial charge on any atom is 0.320 e. The lowest BCUT2D eigenvalue weighted by Crippen LogP contribution is -2.16. The van der Waals surface area contributed by atoms with Gasteiger partial charge in [0.25, 0.3) is 0 Å². The Labute approximate surface area is 97.1 Å². The molecule has 1 aromatic rings. The highest BCUT2D eigenvalue weighted by atomic mass is 33.1. The number of nitrogens with zero attached hydrogens (tertiary/aromatic N) is 2. The Morgan fingerprint density at radius 1 is 1.56 bits per heavy atom. The summed E-state index contributed by atoms with van der Waals surface area (Å²) in [5.74, 6) is 0.0827. The third kappa shape index (κ3) is 5.69. The summed E-state index contributed by atoms with van der Waals surface area (Å²) in [6, 6.07) is 5.39. The molecule has 8 heteroatoms. The Kier molecular flexibility index (Phi) is 4.71. The van der Waals surface area contributed by atoms with Crippen molar-refractivity contribution in [3.8, 4) is 0 Å². The first-order valence-corrected chi connectivity index (χ1v) is 7.22. The first-order valence-electron chi connectivity index (χ1n) is 4.28. The third-order valence-corrected chi connectivity index (χ3v) is 3.48. The fourth-order valence-corrected chi connectivity index (χ4v) is 2.02. The van der Waals surface area contributed by atoms with Gasteiger partial charge in [0.05, 0.1) is 18.0 Å². The van der Waals surface area contributed by atoms with E-state index in [9.17, 15) is 8.42 Å². The number of aromatic nitrogens is 1. The van der Waals surface area contributed by atoms with E-state index in [1.165, 1.54) is 0 Å². The first-order chi connectivity index (χ1) is 7.47. The summed E-state index contributed by atoms with van der Waals surface area (Å²) in [7, 11) is -3.73. The van der Waals surface area contributed by atoms with E-state index < -0.39 is 9.15 Å². The summed E-state index contributed by atoms with van der Waals surface area (Å²) < 4.78 is 29.3. The average Bonchev–Trinajstić information content (AvgIpc) is 2.24. The molecule has 1 heterocycles. The molecule has 0 spiro atoms. The maximum absolute atomic E-state index is 10.4. The molecule has 1 rings (SSSR count). The predicted octanol–water partition coefficient (Wildman–Crippen LogP) is 0.475. The van der Waals surface area contributed by atoms with Crippen molar-refractivity contribution in [2.45, 2.75) is 6.54 Å². The Bertz CT molecular complexity index is 459. The molecule has 3 N–H and O–H groups in total. The van der Waals surface area contributed by atoms with Gasteiger partial charge in [0.2, 0.25) is 0 Å². The highest BCUT2D eigenvalue weighted by Crippen LogP contribution is 2.08. The Balaban J connectivity index is 2.46. The van der Waals surface area contributed by atoms with Crippen molar-refractivity contribution in [2.24, 2.45) is 10.7 Å². The Morgan fingerprint density at radius 3 is 2.88 bits per heavy atom. The minimum atomic E-state index is -4.06. The van der Waals surface area contributed by atoms with Gasteiger partial charge in [0, 0.05) is 17.0 Å². The SMILES string of the molecule is NC(CSS(=O)(=O)O)=NCc1ccccn1. The number of hydrogen-bond acceptors (Lipinski definition) is 5. The van der Waals surface area contributed by atoms with Crippen molar-refractivity contribution < 1.29 is 13.0 Å². The van der Waals surface area contributed by atoms with Crippen LogP contribution in [0, 0.1) is 0 Å². The molecule has 0 amide bonds. The van der Waals surface area contributed by atoms with Crippen LogP contribution in [-0.4, -0.2) is 29.5 Å². The number of aliphatic imine (C=N–C) groups is 1. The van der Waals surface area contributed by atoms with Gasteiger partial charge in [-0.2, -0.15) is 8.42 Å². The van der Waals surface area contributed by atoms with Gasteiger partial charge in [0.1, 0.15) is 5.84 Å². The van der Waals surface area contributed by atoms with Crippen LogP contribution >= 0.6 is 10.8 Å². The van der Waals surface area contributed by atoms with Crippen LogP contribution in [-0.2, 0) is 15.7 Å². The van der Waals surface area contributed by atoms with E-state index in [0.717, 1.165) is 5.69 Å².